The molecule has 2 bridgehead atoms. The van der Waals surface area contributed by atoms with Gasteiger partial charge in [0, 0.05) is 62.2 Å². The Hall–Kier alpha value is -1.22. The standard InChI is InChI=1S/C16H32N2O2.C11H20N2O2.2C2H6/c1-7-13(4)15(19)17-14(12(2)3)10-18-8-9-20-11-16(18,5)6;1-3-11(14)12-8(2)5-13-6-10-4-9(13)7-15-10;2*1-2/h12-14H,7-11H2,1-6H3,(H,17,19);8-10H,3-7H2,1-2H3,(H,12,14);2*1-2H3/t;8?,9?,10-;;/m.1../s1. The van der Waals surface area contributed by atoms with Crippen molar-refractivity contribution in [2.45, 2.75) is 132 Å². The van der Waals surface area contributed by atoms with Crippen molar-refractivity contribution in [3.63, 3.8) is 0 Å². The number of carbonyl (C=O) groups excluding carboxylic acids is 2. The molecule has 8 nitrogen and oxygen atoms in total. The molecule has 3 fully saturated rings. The first-order valence-corrected chi connectivity index (χ1v) is 15.7. The van der Waals surface area contributed by atoms with E-state index in [-0.39, 0.29) is 35.4 Å². The summed E-state index contributed by atoms with van der Waals surface area (Å²) in [6.45, 7) is 31.0. The maximum atomic E-state index is 12.1. The van der Waals surface area contributed by atoms with E-state index in [2.05, 4.69) is 62.0 Å². The number of hydrogen-bond acceptors (Lipinski definition) is 6. The van der Waals surface area contributed by atoms with Gasteiger partial charge in [-0.25, -0.2) is 0 Å². The predicted molar refractivity (Wildman–Crippen MR) is 163 cm³/mol. The average Bonchev–Trinajstić information content (AvgIpc) is 3.54. The molecule has 0 saturated carbocycles. The second-order valence-corrected chi connectivity index (χ2v) is 11.6. The molecule has 3 rings (SSSR count). The maximum absolute atomic E-state index is 12.1. The molecular weight excluding hydrogens is 492 g/mol. The molecule has 0 aromatic carbocycles. The second-order valence-electron chi connectivity index (χ2n) is 11.6. The molecule has 0 spiro atoms. The number of amides is 2. The highest BCUT2D eigenvalue weighted by Crippen LogP contribution is 2.27. The number of fused-ring (bicyclic) bond motifs is 2. The van der Waals surface area contributed by atoms with Gasteiger partial charge in [0.15, 0.2) is 0 Å². The first kappa shape index (κ1) is 37.8. The number of likely N-dealkylation sites (tertiary alicyclic amines) is 1. The van der Waals surface area contributed by atoms with Gasteiger partial charge >= 0.3 is 0 Å². The Kier molecular flexibility index (Phi) is 19.2. The van der Waals surface area contributed by atoms with E-state index in [0.29, 0.717) is 24.5 Å². The van der Waals surface area contributed by atoms with Crippen LogP contribution >= 0.6 is 0 Å². The summed E-state index contributed by atoms with van der Waals surface area (Å²) in [5.74, 6) is 0.843. The third kappa shape index (κ3) is 13.3. The van der Waals surface area contributed by atoms with Gasteiger partial charge in [0.2, 0.25) is 11.8 Å². The van der Waals surface area contributed by atoms with Crippen LogP contribution in [-0.2, 0) is 19.1 Å². The topological polar surface area (TPSA) is 83.1 Å². The van der Waals surface area contributed by atoms with Crippen LogP contribution in [0, 0.1) is 11.8 Å². The predicted octanol–water partition coefficient (Wildman–Crippen LogP) is 4.71. The molecule has 5 atom stereocenters. The third-order valence-electron chi connectivity index (χ3n) is 7.68. The van der Waals surface area contributed by atoms with Crippen LogP contribution in [0.15, 0.2) is 0 Å². The Balaban J connectivity index is 0.000000674. The van der Waals surface area contributed by atoms with Crippen LogP contribution in [0.25, 0.3) is 0 Å². The van der Waals surface area contributed by atoms with Crippen molar-refractivity contribution in [3.05, 3.63) is 0 Å². The first-order valence-electron chi connectivity index (χ1n) is 15.7. The van der Waals surface area contributed by atoms with Gasteiger partial charge in [0.05, 0.1) is 25.9 Å². The third-order valence-corrected chi connectivity index (χ3v) is 7.68. The Labute approximate surface area is 241 Å². The van der Waals surface area contributed by atoms with Crippen molar-refractivity contribution in [1.82, 2.24) is 20.4 Å². The number of nitrogens with zero attached hydrogens (tertiary/aromatic N) is 2. The van der Waals surface area contributed by atoms with Gasteiger partial charge in [-0.2, -0.15) is 0 Å². The molecule has 39 heavy (non-hydrogen) atoms. The molecule has 3 saturated heterocycles. The monoisotopic (exact) mass is 556 g/mol. The van der Waals surface area contributed by atoms with Crippen molar-refractivity contribution < 1.29 is 19.1 Å². The average molecular weight is 557 g/mol. The molecule has 232 valence electrons. The number of carbonyl (C=O) groups is 2. The van der Waals surface area contributed by atoms with Gasteiger partial charge in [-0.05, 0) is 39.5 Å². The van der Waals surface area contributed by atoms with E-state index in [4.69, 9.17) is 9.47 Å². The molecular formula is C31H64N4O4. The summed E-state index contributed by atoms with van der Waals surface area (Å²) in [6, 6.07) is 1.04. The van der Waals surface area contributed by atoms with Gasteiger partial charge in [-0.3, -0.25) is 19.4 Å². The van der Waals surface area contributed by atoms with E-state index < -0.39 is 0 Å². The van der Waals surface area contributed by atoms with Crippen molar-refractivity contribution >= 4 is 11.8 Å². The second kappa shape index (κ2) is 19.8. The number of nitrogens with one attached hydrogen (secondary N) is 2. The molecule has 3 aliphatic heterocycles. The Bertz CT molecular complexity index is 673. The largest absolute Gasteiger partial charge is 0.378 e. The summed E-state index contributed by atoms with van der Waals surface area (Å²) in [4.78, 5) is 28.2. The highest BCUT2D eigenvalue weighted by Gasteiger charge is 2.39. The number of hydrogen-bond donors (Lipinski definition) is 2. The van der Waals surface area contributed by atoms with Gasteiger partial charge in [-0.15, -0.1) is 0 Å². The zero-order chi connectivity index (χ0) is 30.2. The normalized spacial score (nSPS) is 24.1. The van der Waals surface area contributed by atoms with Gasteiger partial charge in [-0.1, -0.05) is 62.3 Å². The summed E-state index contributed by atoms with van der Waals surface area (Å²) >= 11 is 0. The molecule has 3 aliphatic rings. The van der Waals surface area contributed by atoms with Crippen LogP contribution in [0.1, 0.15) is 102 Å². The van der Waals surface area contributed by atoms with E-state index in [9.17, 15) is 9.59 Å². The van der Waals surface area contributed by atoms with Crippen LogP contribution < -0.4 is 10.6 Å². The highest BCUT2D eigenvalue weighted by molar-refractivity contribution is 5.78. The summed E-state index contributed by atoms with van der Waals surface area (Å²) in [5, 5.41) is 6.23. The minimum Gasteiger partial charge on any atom is -0.378 e. The molecule has 0 aromatic rings. The van der Waals surface area contributed by atoms with Crippen LogP contribution in [0.4, 0.5) is 0 Å². The van der Waals surface area contributed by atoms with Crippen LogP contribution in [-0.4, -0.2) is 97.4 Å². The molecule has 3 heterocycles. The minimum atomic E-state index is 0.0481. The lowest BCUT2D eigenvalue weighted by Crippen LogP contribution is -2.58. The van der Waals surface area contributed by atoms with E-state index in [1.54, 1.807) is 0 Å². The van der Waals surface area contributed by atoms with Crippen LogP contribution in [0.2, 0.25) is 0 Å². The van der Waals surface area contributed by atoms with Crippen LogP contribution in [0.3, 0.4) is 0 Å². The minimum absolute atomic E-state index is 0.0481. The quantitative estimate of drug-likeness (QED) is 0.406. The zero-order valence-electron chi connectivity index (χ0n) is 27.6. The molecule has 2 N–H and O–H groups in total. The smallest absolute Gasteiger partial charge is 0.223 e. The van der Waals surface area contributed by atoms with Crippen molar-refractivity contribution in [2.24, 2.45) is 11.8 Å². The fraction of sp³-hybridized carbons (Fsp3) is 0.935. The van der Waals surface area contributed by atoms with E-state index in [1.165, 1.54) is 6.42 Å². The van der Waals surface area contributed by atoms with Crippen molar-refractivity contribution in [2.75, 3.05) is 46.0 Å². The van der Waals surface area contributed by atoms with Crippen LogP contribution in [0.5, 0.6) is 0 Å². The number of rotatable bonds is 10. The molecule has 4 unspecified atom stereocenters. The van der Waals surface area contributed by atoms with Gasteiger partial charge < -0.3 is 20.1 Å². The fourth-order valence-corrected chi connectivity index (χ4v) is 4.88. The molecule has 0 radical (unpaired) electrons. The van der Waals surface area contributed by atoms with E-state index in [0.717, 1.165) is 52.4 Å². The molecule has 0 aliphatic carbocycles. The zero-order valence-corrected chi connectivity index (χ0v) is 27.6. The SMILES string of the molecule is CC.CC.CCC(=O)NC(C)CN1C[C@H]2CC1CO2.CCC(C)C(=O)NC(CN1CCOCC1(C)C)C(C)C. The Morgan fingerprint density at radius 1 is 1.00 bits per heavy atom. The summed E-state index contributed by atoms with van der Waals surface area (Å²) < 4.78 is 11.1. The van der Waals surface area contributed by atoms with Crippen molar-refractivity contribution in [3.8, 4) is 0 Å². The molecule has 2 amide bonds. The summed E-state index contributed by atoms with van der Waals surface area (Å²) in [5.41, 5.74) is 0.0481. The summed E-state index contributed by atoms with van der Waals surface area (Å²) in [7, 11) is 0. The lowest BCUT2D eigenvalue weighted by molar-refractivity contribution is -0.126. The Morgan fingerprint density at radius 2 is 1.64 bits per heavy atom. The summed E-state index contributed by atoms with van der Waals surface area (Å²) in [6.07, 6.45) is 3.08. The lowest BCUT2D eigenvalue weighted by atomic mass is 9.97. The van der Waals surface area contributed by atoms with Gasteiger partial charge in [0.1, 0.15) is 0 Å². The van der Waals surface area contributed by atoms with Crippen molar-refractivity contribution in [1.29, 1.82) is 0 Å². The fourth-order valence-electron chi connectivity index (χ4n) is 4.88. The number of morpholine rings is 2. The first-order chi connectivity index (χ1) is 18.5. The number of ether oxygens (including phenoxy) is 2. The highest BCUT2D eigenvalue weighted by atomic mass is 16.5. The van der Waals surface area contributed by atoms with E-state index in [1.807, 2.05) is 41.5 Å². The molecule has 8 heteroatoms. The molecule has 0 aromatic heterocycles. The van der Waals surface area contributed by atoms with E-state index >= 15 is 0 Å². The Morgan fingerprint density at radius 3 is 2.10 bits per heavy atom. The lowest BCUT2D eigenvalue weighted by Gasteiger charge is -2.44. The maximum Gasteiger partial charge on any atom is 0.223 e. The van der Waals surface area contributed by atoms with Gasteiger partial charge in [0.25, 0.3) is 0 Å².